The Morgan fingerprint density at radius 3 is 2.21 bits per heavy atom. The van der Waals surface area contributed by atoms with Crippen LogP contribution in [0.15, 0.2) is 59.1 Å². The van der Waals surface area contributed by atoms with Gasteiger partial charge in [0.05, 0.1) is 11.1 Å². The number of fused-ring (bicyclic) bond motifs is 1. The molecule has 176 valence electrons. The number of rotatable bonds is 4. The van der Waals surface area contributed by atoms with E-state index in [0.29, 0.717) is 38.7 Å². The van der Waals surface area contributed by atoms with Gasteiger partial charge in [-0.15, -0.1) is 0 Å². The van der Waals surface area contributed by atoms with Crippen LogP contribution in [0.2, 0.25) is 5.02 Å². The van der Waals surface area contributed by atoms with Gasteiger partial charge in [-0.1, -0.05) is 78.6 Å². The first-order valence-corrected chi connectivity index (χ1v) is 11.6. The Bertz CT molecular complexity index is 1350. The molecule has 0 fully saturated rings. The SMILES string of the molecule is CC(C)(C)c1nc(NCC(F)(F)F)c2cc(-c3ccc(Br)cc3)c(-c3ccccc3Cl)nc2n1. The number of nitrogens with one attached hydrogen (secondary N) is 1. The summed E-state index contributed by atoms with van der Waals surface area (Å²) in [7, 11) is 0. The van der Waals surface area contributed by atoms with Crippen molar-refractivity contribution in [2.45, 2.75) is 32.4 Å². The second kappa shape index (κ2) is 9.15. The predicted molar refractivity (Wildman–Crippen MR) is 134 cm³/mol. The molecular formula is C25H21BrClF3N4. The van der Waals surface area contributed by atoms with Crippen molar-refractivity contribution >= 4 is 44.4 Å². The van der Waals surface area contributed by atoms with Crippen molar-refractivity contribution in [2.24, 2.45) is 0 Å². The summed E-state index contributed by atoms with van der Waals surface area (Å²) in [5.74, 6) is 0.475. The minimum Gasteiger partial charge on any atom is -0.361 e. The van der Waals surface area contributed by atoms with E-state index in [1.165, 1.54) is 0 Å². The van der Waals surface area contributed by atoms with Crippen LogP contribution in [0.1, 0.15) is 26.6 Å². The first-order valence-electron chi connectivity index (χ1n) is 10.5. The first kappa shape index (κ1) is 24.4. The number of nitrogens with zero attached hydrogens (tertiary/aromatic N) is 3. The number of anilines is 1. The summed E-state index contributed by atoms with van der Waals surface area (Å²) < 4.78 is 40.0. The maximum atomic E-state index is 13.0. The van der Waals surface area contributed by atoms with Crippen LogP contribution in [0, 0.1) is 0 Å². The number of hydrogen-bond acceptors (Lipinski definition) is 4. The van der Waals surface area contributed by atoms with Crippen LogP contribution in [0.4, 0.5) is 19.0 Å². The summed E-state index contributed by atoms with van der Waals surface area (Å²) >= 11 is 9.95. The number of pyridine rings is 1. The maximum Gasteiger partial charge on any atom is 0.405 e. The molecule has 2 aromatic carbocycles. The van der Waals surface area contributed by atoms with Crippen molar-refractivity contribution in [1.82, 2.24) is 15.0 Å². The van der Waals surface area contributed by atoms with Gasteiger partial charge < -0.3 is 5.32 Å². The Labute approximate surface area is 208 Å². The van der Waals surface area contributed by atoms with E-state index in [2.05, 4.69) is 31.2 Å². The minimum absolute atomic E-state index is 0.0869. The Kier molecular flexibility index (Phi) is 6.57. The Hall–Kier alpha value is -2.71. The zero-order valence-corrected chi connectivity index (χ0v) is 21.0. The highest BCUT2D eigenvalue weighted by Gasteiger charge is 2.29. The number of hydrogen-bond donors (Lipinski definition) is 1. The molecule has 34 heavy (non-hydrogen) atoms. The highest BCUT2D eigenvalue weighted by atomic mass is 79.9. The lowest BCUT2D eigenvalue weighted by Gasteiger charge is -2.20. The topological polar surface area (TPSA) is 50.7 Å². The van der Waals surface area contributed by atoms with Gasteiger partial charge in [0.25, 0.3) is 0 Å². The highest BCUT2D eigenvalue weighted by molar-refractivity contribution is 9.10. The lowest BCUT2D eigenvalue weighted by molar-refractivity contribution is -0.115. The molecule has 4 aromatic rings. The van der Waals surface area contributed by atoms with Gasteiger partial charge in [-0.3, -0.25) is 0 Å². The molecule has 4 rings (SSSR count). The quantitative estimate of drug-likeness (QED) is 0.280. The average Bonchev–Trinajstić information content (AvgIpc) is 2.76. The van der Waals surface area contributed by atoms with Gasteiger partial charge in [0, 0.05) is 26.0 Å². The molecule has 2 aromatic heterocycles. The summed E-state index contributed by atoms with van der Waals surface area (Å²) in [5.41, 5.74) is 2.61. The first-order chi connectivity index (χ1) is 15.9. The van der Waals surface area contributed by atoms with Crippen LogP contribution >= 0.6 is 27.5 Å². The zero-order valence-electron chi connectivity index (χ0n) is 18.6. The molecule has 0 atom stereocenters. The van der Waals surface area contributed by atoms with Crippen molar-refractivity contribution in [1.29, 1.82) is 0 Å². The second-order valence-corrected chi connectivity index (χ2v) is 10.2. The number of alkyl halides is 3. The largest absolute Gasteiger partial charge is 0.405 e. The van der Waals surface area contributed by atoms with Crippen LogP contribution in [0.3, 0.4) is 0 Å². The molecular weight excluding hydrogens is 529 g/mol. The van der Waals surface area contributed by atoms with Crippen LogP contribution in [-0.4, -0.2) is 27.7 Å². The lowest BCUT2D eigenvalue weighted by atomic mass is 9.95. The third kappa shape index (κ3) is 5.33. The lowest BCUT2D eigenvalue weighted by Crippen LogP contribution is -2.24. The van der Waals surface area contributed by atoms with Gasteiger partial charge in [0.15, 0.2) is 5.65 Å². The van der Waals surface area contributed by atoms with Gasteiger partial charge in [-0.25, -0.2) is 15.0 Å². The van der Waals surface area contributed by atoms with Crippen LogP contribution in [0.5, 0.6) is 0 Å². The molecule has 4 nitrogen and oxygen atoms in total. The van der Waals surface area contributed by atoms with E-state index in [1.807, 2.05) is 63.2 Å². The number of benzene rings is 2. The van der Waals surface area contributed by atoms with E-state index in [1.54, 1.807) is 12.1 Å². The maximum absolute atomic E-state index is 13.0. The van der Waals surface area contributed by atoms with E-state index in [0.717, 1.165) is 10.0 Å². The van der Waals surface area contributed by atoms with E-state index < -0.39 is 18.1 Å². The second-order valence-electron chi connectivity index (χ2n) is 8.86. The van der Waals surface area contributed by atoms with Crippen LogP contribution < -0.4 is 5.32 Å². The molecule has 0 aliphatic carbocycles. The van der Waals surface area contributed by atoms with Gasteiger partial charge in [0.1, 0.15) is 18.2 Å². The molecule has 0 bridgehead atoms. The molecule has 1 N–H and O–H groups in total. The third-order valence-corrected chi connectivity index (χ3v) is 5.96. The molecule has 0 saturated carbocycles. The average molecular weight is 550 g/mol. The summed E-state index contributed by atoms with van der Waals surface area (Å²) in [4.78, 5) is 13.9. The number of aromatic nitrogens is 3. The van der Waals surface area contributed by atoms with Crippen molar-refractivity contribution in [3.8, 4) is 22.4 Å². The Balaban J connectivity index is 2.04. The monoisotopic (exact) mass is 548 g/mol. The molecule has 0 saturated heterocycles. The van der Waals surface area contributed by atoms with Crippen molar-refractivity contribution in [3.05, 3.63) is 69.9 Å². The summed E-state index contributed by atoms with van der Waals surface area (Å²) in [6, 6.07) is 16.7. The molecule has 9 heteroatoms. The van der Waals surface area contributed by atoms with E-state index in [-0.39, 0.29) is 5.82 Å². The van der Waals surface area contributed by atoms with Gasteiger partial charge >= 0.3 is 6.18 Å². The molecule has 2 heterocycles. The predicted octanol–water partition coefficient (Wildman–Crippen LogP) is 8.05. The minimum atomic E-state index is -4.40. The summed E-state index contributed by atoms with van der Waals surface area (Å²) in [5, 5.41) is 3.35. The molecule has 0 aliphatic heterocycles. The normalized spacial score (nSPS) is 12.2. The van der Waals surface area contributed by atoms with Crippen molar-refractivity contribution in [3.63, 3.8) is 0 Å². The van der Waals surface area contributed by atoms with Crippen LogP contribution in [0.25, 0.3) is 33.4 Å². The smallest absolute Gasteiger partial charge is 0.361 e. The fraction of sp³-hybridized carbons (Fsp3) is 0.240. The van der Waals surface area contributed by atoms with E-state index in [4.69, 9.17) is 16.6 Å². The molecule has 0 aliphatic rings. The molecule has 0 spiro atoms. The van der Waals surface area contributed by atoms with Gasteiger partial charge in [0.2, 0.25) is 0 Å². The van der Waals surface area contributed by atoms with E-state index in [9.17, 15) is 13.2 Å². The summed E-state index contributed by atoms with van der Waals surface area (Å²) in [6.45, 7) is 4.47. The Morgan fingerprint density at radius 2 is 1.59 bits per heavy atom. The third-order valence-electron chi connectivity index (χ3n) is 5.10. The molecule has 0 amide bonds. The zero-order chi connectivity index (χ0) is 24.7. The highest BCUT2D eigenvalue weighted by Crippen LogP contribution is 2.38. The van der Waals surface area contributed by atoms with Gasteiger partial charge in [-0.2, -0.15) is 13.2 Å². The van der Waals surface area contributed by atoms with Crippen molar-refractivity contribution < 1.29 is 13.2 Å². The standard InChI is InChI=1S/C25H21BrClF3N4/c1-24(2,3)23-33-21(31-13-25(28,29)30)18-12-17(14-8-10-15(26)11-9-14)20(32-22(18)34-23)16-6-4-5-7-19(16)27/h4-12H,13H2,1-3H3,(H,31,32,33,34). The van der Waals surface area contributed by atoms with Gasteiger partial charge in [-0.05, 0) is 29.8 Å². The van der Waals surface area contributed by atoms with Crippen molar-refractivity contribution in [2.75, 3.05) is 11.9 Å². The molecule has 0 radical (unpaired) electrons. The number of halogens is 5. The fourth-order valence-electron chi connectivity index (χ4n) is 3.42. The fourth-order valence-corrected chi connectivity index (χ4v) is 3.91. The van der Waals surface area contributed by atoms with E-state index >= 15 is 0 Å². The van der Waals surface area contributed by atoms with Crippen LogP contribution in [-0.2, 0) is 5.41 Å². The Morgan fingerprint density at radius 1 is 0.912 bits per heavy atom. The summed E-state index contributed by atoms with van der Waals surface area (Å²) in [6.07, 6.45) is -4.40. The molecule has 0 unspecified atom stereocenters.